The summed E-state index contributed by atoms with van der Waals surface area (Å²) in [6, 6.07) is 5.43. The van der Waals surface area contributed by atoms with Gasteiger partial charge in [0, 0.05) is 45.0 Å². The van der Waals surface area contributed by atoms with Crippen molar-refractivity contribution < 1.29 is 9.18 Å². The molecule has 1 aliphatic heterocycles. The number of hydrogen-bond acceptors (Lipinski definition) is 3. The smallest absolute Gasteiger partial charge is 0.243 e. The molecule has 1 saturated heterocycles. The Morgan fingerprint density at radius 2 is 2.18 bits per heavy atom. The number of hydrogen-bond donors (Lipinski definition) is 2. The van der Waals surface area contributed by atoms with Crippen LogP contribution < -0.4 is 15.5 Å². The predicted molar refractivity (Wildman–Crippen MR) is 113 cm³/mol. The zero-order valence-electron chi connectivity index (χ0n) is 17.8. The molecular weight excluding hydrogens is 357 g/mol. The third-order valence-electron chi connectivity index (χ3n) is 5.13. The summed E-state index contributed by atoms with van der Waals surface area (Å²) in [6.45, 7) is 8.04. The van der Waals surface area contributed by atoms with Crippen LogP contribution in [0.3, 0.4) is 0 Å². The number of anilines is 1. The van der Waals surface area contributed by atoms with E-state index in [4.69, 9.17) is 0 Å². The monoisotopic (exact) mass is 391 g/mol. The van der Waals surface area contributed by atoms with E-state index in [0.29, 0.717) is 5.96 Å². The van der Waals surface area contributed by atoms with Gasteiger partial charge in [0.25, 0.3) is 0 Å². The Morgan fingerprint density at radius 3 is 2.82 bits per heavy atom. The van der Waals surface area contributed by atoms with Gasteiger partial charge < -0.3 is 20.4 Å². The topological polar surface area (TPSA) is 60.0 Å². The SMILES string of the molecule is CCC(C)NC(=NCC(=O)N(C)C)NC1CCCN(c2ccc(F)cc2C)C1. The van der Waals surface area contributed by atoms with Crippen LogP contribution in [0.2, 0.25) is 0 Å². The van der Waals surface area contributed by atoms with Gasteiger partial charge in [-0.25, -0.2) is 9.38 Å². The number of halogens is 1. The zero-order chi connectivity index (χ0) is 20.7. The summed E-state index contributed by atoms with van der Waals surface area (Å²) in [7, 11) is 3.47. The van der Waals surface area contributed by atoms with Gasteiger partial charge in [0.2, 0.25) is 5.91 Å². The van der Waals surface area contributed by atoms with Crippen molar-refractivity contribution in [2.45, 2.75) is 52.1 Å². The third-order valence-corrected chi connectivity index (χ3v) is 5.13. The van der Waals surface area contributed by atoms with Crippen molar-refractivity contribution >= 4 is 17.6 Å². The van der Waals surface area contributed by atoms with E-state index in [-0.39, 0.29) is 30.4 Å². The third kappa shape index (κ3) is 6.39. The van der Waals surface area contributed by atoms with Gasteiger partial charge in [0.05, 0.1) is 0 Å². The number of nitrogens with one attached hydrogen (secondary N) is 2. The highest BCUT2D eigenvalue weighted by atomic mass is 19.1. The van der Waals surface area contributed by atoms with E-state index in [2.05, 4.69) is 34.4 Å². The van der Waals surface area contributed by atoms with Gasteiger partial charge >= 0.3 is 0 Å². The summed E-state index contributed by atoms with van der Waals surface area (Å²) in [5.74, 6) is 0.440. The van der Waals surface area contributed by atoms with Gasteiger partial charge in [-0.1, -0.05) is 6.92 Å². The quantitative estimate of drug-likeness (QED) is 0.578. The van der Waals surface area contributed by atoms with E-state index in [1.54, 1.807) is 25.1 Å². The fraction of sp³-hybridized carbons (Fsp3) is 0.619. The minimum atomic E-state index is -0.203. The van der Waals surface area contributed by atoms with E-state index in [1.165, 1.54) is 6.07 Å². The second-order valence-corrected chi connectivity index (χ2v) is 7.77. The Hall–Kier alpha value is -2.31. The number of piperidine rings is 1. The highest BCUT2D eigenvalue weighted by Gasteiger charge is 2.22. The highest BCUT2D eigenvalue weighted by Crippen LogP contribution is 2.24. The fourth-order valence-corrected chi connectivity index (χ4v) is 3.24. The molecule has 0 radical (unpaired) electrons. The van der Waals surface area contributed by atoms with Crippen molar-refractivity contribution in [2.75, 3.05) is 38.6 Å². The van der Waals surface area contributed by atoms with Crippen molar-refractivity contribution in [1.29, 1.82) is 0 Å². The van der Waals surface area contributed by atoms with Crippen molar-refractivity contribution in [1.82, 2.24) is 15.5 Å². The maximum absolute atomic E-state index is 13.4. The van der Waals surface area contributed by atoms with Gasteiger partial charge in [-0.3, -0.25) is 4.79 Å². The molecule has 0 aliphatic carbocycles. The Morgan fingerprint density at radius 1 is 1.43 bits per heavy atom. The van der Waals surface area contributed by atoms with Crippen LogP contribution in [0.15, 0.2) is 23.2 Å². The largest absolute Gasteiger partial charge is 0.369 e. The molecule has 0 saturated carbocycles. The summed E-state index contributed by atoms with van der Waals surface area (Å²) >= 11 is 0. The molecule has 28 heavy (non-hydrogen) atoms. The normalized spacial score (nSPS) is 18.6. The first-order valence-electron chi connectivity index (χ1n) is 10.1. The van der Waals surface area contributed by atoms with Gasteiger partial charge in [-0.05, 0) is 56.9 Å². The summed E-state index contributed by atoms with van der Waals surface area (Å²) in [5, 5.41) is 6.88. The molecule has 2 atom stereocenters. The van der Waals surface area contributed by atoms with Gasteiger partial charge in [0.1, 0.15) is 12.4 Å². The molecule has 1 heterocycles. The first-order valence-corrected chi connectivity index (χ1v) is 10.1. The lowest BCUT2D eigenvalue weighted by Crippen LogP contribution is -2.53. The molecule has 0 aromatic heterocycles. The van der Waals surface area contributed by atoms with E-state index < -0.39 is 0 Å². The molecule has 1 amide bonds. The lowest BCUT2D eigenvalue weighted by molar-refractivity contribution is -0.127. The molecule has 7 heteroatoms. The number of aliphatic imine (C=N–C) groups is 1. The Labute approximate surface area is 168 Å². The molecule has 2 unspecified atom stereocenters. The Balaban J connectivity index is 2.07. The van der Waals surface area contributed by atoms with Crippen molar-refractivity contribution in [2.24, 2.45) is 4.99 Å². The second kappa shape index (κ2) is 10.3. The van der Waals surface area contributed by atoms with Crippen LogP contribution in [-0.2, 0) is 4.79 Å². The minimum absolute atomic E-state index is 0.0301. The van der Waals surface area contributed by atoms with Crippen LogP contribution in [0, 0.1) is 12.7 Å². The molecule has 2 N–H and O–H groups in total. The first kappa shape index (κ1) is 22.0. The number of amides is 1. The Bertz CT molecular complexity index is 691. The first-order chi connectivity index (χ1) is 13.3. The van der Waals surface area contributed by atoms with Crippen LogP contribution in [0.25, 0.3) is 0 Å². The van der Waals surface area contributed by atoms with Crippen molar-refractivity contribution in [3.05, 3.63) is 29.6 Å². The van der Waals surface area contributed by atoms with Crippen LogP contribution in [-0.4, -0.2) is 62.6 Å². The lowest BCUT2D eigenvalue weighted by Gasteiger charge is -2.36. The van der Waals surface area contributed by atoms with Crippen LogP contribution in [0.4, 0.5) is 10.1 Å². The average molecular weight is 392 g/mol. The Kier molecular flexibility index (Phi) is 8.08. The summed E-state index contributed by atoms with van der Waals surface area (Å²) in [4.78, 5) is 20.2. The maximum Gasteiger partial charge on any atom is 0.243 e. The average Bonchev–Trinajstić information content (AvgIpc) is 2.65. The molecule has 1 fully saturated rings. The molecule has 6 nitrogen and oxygen atoms in total. The van der Waals surface area contributed by atoms with E-state index in [9.17, 15) is 9.18 Å². The van der Waals surface area contributed by atoms with Crippen LogP contribution in [0.1, 0.15) is 38.7 Å². The number of carbonyl (C=O) groups excluding carboxylic acids is 1. The number of benzene rings is 1. The predicted octanol–water partition coefficient (Wildman–Crippen LogP) is 2.52. The maximum atomic E-state index is 13.4. The number of guanidine groups is 1. The van der Waals surface area contributed by atoms with E-state index in [1.807, 2.05) is 13.0 Å². The fourth-order valence-electron chi connectivity index (χ4n) is 3.24. The zero-order valence-corrected chi connectivity index (χ0v) is 17.8. The summed E-state index contributed by atoms with van der Waals surface area (Å²) in [6.07, 6.45) is 3.04. The summed E-state index contributed by atoms with van der Waals surface area (Å²) in [5.41, 5.74) is 2.02. The van der Waals surface area contributed by atoms with E-state index in [0.717, 1.165) is 43.6 Å². The lowest BCUT2D eigenvalue weighted by atomic mass is 10.0. The van der Waals surface area contributed by atoms with E-state index >= 15 is 0 Å². The van der Waals surface area contributed by atoms with Gasteiger partial charge in [-0.2, -0.15) is 0 Å². The van der Waals surface area contributed by atoms with Crippen LogP contribution in [0.5, 0.6) is 0 Å². The summed E-state index contributed by atoms with van der Waals surface area (Å²) < 4.78 is 13.4. The van der Waals surface area contributed by atoms with Crippen LogP contribution >= 0.6 is 0 Å². The molecule has 156 valence electrons. The molecule has 2 rings (SSSR count). The molecule has 1 aromatic carbocycles. The molecule has 1 aromatic rings. The minimum Gasteiger partial charge on any atom is -0.369 e. The van der Waals surface area contributed by atoms with Crippen molar-refractivity contribution in [3.8, 4) is 0 Å². The van der Waals surface area contributed by atoms with Gasteiger partial charge in [-0.15, -0.1) is 0 Å². The molecular formula is C21H34FN5O. The highest BCUT2D eigenvalue weighted by molar-refractivity contribution is 5.85. The number of carbonyl (C=O) groups is 1. The number of rotatable bonds is 6. The number of nitrogens with zero attached hydrogens (tertiary/aromatic N) is 3. The molecule has 0 bridgehead atoms. The van der Waals surface area contributed by atoms with Crippen molar-refractivity contribution in [3.63, 3.8) is 0 Å². The number of aryl methyl sites for hydroxylation is 1. The molecule has 0 spiro atoms. The molecule has 1 aliphatic rings. The second-order valence-electron chi connectivity index (χ2n) is 7.77. The standard InChI is InChI=1S/C21H34FN5O/c1-6-16(3)24-21(23-13-20(28)26(4)5)25-18-8-7-11-27(14-18)19-10-9-17(22)12-15(19)2/h9-10,12,16,18H,6-8,11,13-14H2,1-5H3,(H2,23,24,25). The van der Waals surface area contributed by atoms with Gasteiger partial charge in [0.15, 0.2) is 5.96 Å². The number of likely N-dealkylation sites (N-methyl/N-ethyl adjacent to an activating group) is 1.